The van der Waals surface area contributed by atoms with Gasteiger partial charge in [-0.2, -0.15) is 0 Å². The van der Waals surface area contributed by atoms with Crippen LogP contribution in [0.4, 0.5) is 4.39 Å². The van der Waals surface area contributed by atoms with Crippen molar-refractivity contribution < 1.29 is 4.39 Å². The molecule has 1 nitrogen and oxygen atoms in total. The Morgan fingerprint density at radius 1 is 1.10 bits per heavy atom. The predicted molar refractivity (Wildman–Crippen MR) is 83.6 cm³/mol. The molecule has 20 heavy (non-hydrogen) atoms. The minimum Gasteiger partial charge on any atom is -0.310 e. The molecular formula is C17H19ClFN. The van der Waals surface area contributed by atoms with Crippen molar-refractivity contribution in [2.75, 3.05) is 6.54 Å². The maximum absolute atomic E-state index is 13.1. The molecule has 0 aliphatic heterocycles. The van der Waals surface area contributed by atoms with Crippen LogP contribution < -0.4 is 5.32 Å². The average molecular weight is 292 g/mol. The lowest BCUT2D eigenvalue weighted by atomic mass is 9.99. The molecule has 1 unspecified atom stereocenters. The lowest BCUT2D eigenvalue weighted by molar-refractivity contribution is 0.537. The molecular weight excluding hydrogens is 273 g/mol. The van der Waals surface area contributed by atoms with Gasteiger partial charge in [-0.1, -0.05) is 49.7 Å². The third kappa shape index (κ3) is 3.38. The number of benzene rings is 2. The quantitative estimate of drug-likeness (QED) is 0.797. The van der Waals surface area contributed by atoms with Gasteiger partial charge in [0, 0.05) is 11.6 Å². The fourth-order valence-corrected chi connectivity index (χ4v) is 2.64. The highest BCUT2D eigenvalue weighted by Crippen LogP contribution is 2.29. The number of hydrogen-bond acceptors (Lipinski definition) is 1. The van der Waals surface area contributed by atoms with Gasteiger partial charge < -0.3 is 5.32 Å². The summed E-state index contributed by atoms with van der Waals surface area (Å²) in [6.07, 6.45) is 1.05. The number of nitrogens with one attached hydrogen (secondary N) is 1. The Morgan fingerprint density at radius 3 is 2.35 bits per heavy atom. The number of hydrogen-bond donors (Lipinski definition) is 1. The first-order valence-electron chi connectivity index (χ1n) is 6.94. The van der Waals surface area contributed by atoms with Crippen LogP contribution in [-0.4, -0.2) is 6.54 Å². The number of rotatable bonds is 5. The van der Waals surface area contributed by atoms with E-state index in [4.69, 9.17) is 11.6 Å². The first-order valence-corrected chi connectivity index (χ1v) is 7.32. The molecule has 0 aliphatic carbocycles. The van der Waals surface area contributed by atoms with Crippen LogP contribution in [0.5, 0.6) is 0 Å². The summed E-state index contributed by atoms with van der Waals surface area (Å²) in [6.45, 7) is 5.22. The largest absolute Gasteiger partial charge is 0.310 e. The second-order valence-corrected chi connectivity index (χ2v) is 5.17. The molecule has 1 atom stereocenters. The summed E-state index contributed by atoms with van der Waals surface area (Å²) in [4.78, 5) is 0. The highest BCUT2D eigenvalue weighted by Gasteiger charge is 2.09. The number of halogens is 2. The van der Waals surface area contributed by atoms with Crippen molar-refractivity contribution in [1.82, 2.24) is 5.32 Å². The molecule has 0 fully saturated rings. The highest BCUT2D eigenvalue weighted by molar-refractivity contribution is 6.33. The van der Waals surface area contributed by atoms with E-state index in [1.165, 1.54) is 17.7 Å². The SMILES string of the molecule is CCNC(CC)c1ccc(-c2ccc(F)cc2Cl)cc1. The van der Waals surface area contributed by atoms with Gasteiger partial charge in [0.2, 0.25) is 0 Å². The summed E-state index contributed by atoms with van der Waals surface area (Å²) < 4.78 is 13.1. The topological polar surface area (TPSA) is 12.0 Å². The van der Waals surface area contributed by atoms with E-state index in [1.807, 2.05) is 12.1 Å². The molecule has 0 spiro atoms. The Labute approximate surface area is 124 Å². The molecule has 0 saturated heterocycles. The maximum atomic E-state index is 13.1. The predicted octanol–water partition coefficient (Wildman–Crippen LogP) is 5.21. The summed E-state index contributed by atoms with van der Waals surface area (Å²) in [5.74, 6) is -0.312. The van der Waals surface area contributed by atoms with E-state index in [2.05, 4.69) is 31.3 Å². The maximum Gasteiger partial charge on any atom is 0.124 e. The second kappa shape index (κ2) is 6.87. The van der Waals surface area contributed by atoms with Crippen LogP contribution in [0.15, 0.2) is 42.5 Å². The van der Waals surface area contributed by atoms with E-state index in [-0.39, 0.29) is 5.82 Å². The molecule has 2 rings (SSSR count). The Morgan fingerprint density at radius 2 is 1.80 bits per heavy atom. The van der Waals surface area contributed by atoms with E-state index in [0.29, 0.717) is 11.1 Å². The zero-order valence-corrected chi connectivity index (χ0v) is 12.5. The van der Waals surface area contributed by atoms with Gasteiger partial charge in [0.05, 0.1) is 5.02 Å². The molecule has 0 heterocycles. The van der Waals surface area contributed by atoms with Gasteiger partial charge in [0.15, 0.2) is 0 Å². The van der Waals surface area contributed by atoms with Crippen molar-refractivity contribution in [3.8, 4) is 11.1 Å². The smallest absolute Gasteiger partial charge is 0.124 e. The fraction of sp³-hybridized carbons (Fsp3) is 0.294. The summed E-state index contributed by atoms with van der Waals surface area (Å²) >= 11 is 6.09. The average Bonchev–Trinajstić information content (AvgIpc) is 2.45. The third-order valence-electron chi connectivity index (χ3n) is 3.41. The Bertz CT molecular complexity index is 566. The first kappa shape index (κ1) is 15.0. The molecule has 0 aromatic heterocycles. The van der Waals surface area contributed by atoms with Crippen LogP contribution in [-0.2, 0) is 0 Å². The van der Waals surface area contributed by atoms with Gasteiger partial charge in [-0.25, -0.2) is 4.39 Å². The van der Waals surface area contributed by atoms with Crippen LogP contribution in [0.2, 0.25) is 5.02 Å². The van der Waals surface area contributed by atoms with Crippen LogP contribution in [0.3, 0.4) is 0 Å². The Hall–Kier alpha value is -1.38. The first-order chi connectivity index (χ1) is 9.65. The second-order valence-electron chi connectivity index (χ2n) is 4.76. The molecule has 0 saturated carbocycles. The van der Waals surface area contributed by atoms with Crippen molar-refractivity contribution in [2.45, 2.75) is 26.3 Å². The van der Waals surface area contributed by atoms with Crippen LogP contribution in [0.1, 0.15) is 31.9 Å². The van der Waals surface area contributed by atoms with Gasteiger partial charge in [-0.15, -0.1) is 0 Å². The summed E-state index contributed by atoms with van der Waals surface area (Å²) in [5, 5.41) is 3.89. The monoisotopic (exact) mass is 291 g/mol. The van der Waals surface area contributed by atoms with Crippen molar-refractivity contribution in [3.05, 3.63) is 58.9 Å². The molecule has 1 N–H and O–H groups in total. The van der Waals surface area contributed by atoms with E-state index < -0.39 is 0 Å². The standard InChI is InChI=1S/C17H19ClFN/c1-3-17(20-4-2)13-7-5-12(6-8-13)15-10-9-14(19)11-16(15)18/h5-11,17,20H,3-4H2,1-2H3. The fourth-order valence-electron chi connectivity index (χ4n) is 2.36. The van der Waals surface area contributed by atoms with E-state index in [0.717, 1.165) is 24.1 Å². The minimum atomic E-state index is -0.312. The molecule has 0 aliphatic rings. The Kier molecular flexibility index (Phi) is 5.16. The molecule has 106 valence electrons. The van der Waals surface area contributed by atoms with Gasteiger partial charge in [0.25, 0.3) is 0 Å². The van der Waals surface area contributed by atoms with Crippen molar-refractivity contribution >= 4 is 11.6 Å². The van der Waals surface area contributed by atoms with E-state index >= 15 is 0 Å². The zero-order chi connectivity index (χ0) is 14.5. The summed E-state index contributed by atoms with van der Waals surface area (Å²) in [6, 6.07) is 13.1. The molecule has 2 aromatic carbocycles. The lowest BCUT2D eigenvalue weighted by Gasteiger charge is -2.16. The van der Waals surface area contributed by atoms with Gasteiger partial charge in [-0.3, -0.25) is 0 Å². The van der Waals surface area contributed by atoms with Gasteiger partial charge in [-0.05, 0) is 42.3 Å². The summed E-state index contributed by atoms with van der Waals surface area (Å²) in [7, 11) is 0. The molecule has 0 amide bonds. The normalized spacial score (nSPS) is 12.4. The van der Waals surface area contributed by atoms with E-state index in [1.54, 1.807) is 6.07 Å². The highest BCUT2D eigenvalue weighted by atomic mass is 35.5. The molecule has 2 aromatic rings. The van der Waals surface area contributed by atoms with Crippen LogP contribution >= 0.6 is 11.6 Å². The lowest BCUT2D eigenvalue weighted by Crippen LogP contribution is -2.19. The van der Waals surface area contributed by atoms with Crippen LogP contribution in [0, 0.1) is 5.82 Å². The van der Waals surface area contributed by atoms with E-state index in [9.17, 15) is 4.39 Å². The van der Waals surface area contributed by atoms with Crippen molar-refractivity contribution in [2.24, 2.45) is 0 Å². The Balaban J connectivity index is 2.27. The van der Waals surface area contributed by atoms with Crippen molar-refractivity contribution in [3.63, 3.8) is 0 Å². The van der Waals surface area contributed by atoms with Crippen LogP contribution in [0.25, 0.3) is 11.1 Å². The summed E-state index contributed by atoms with van der Waals surface area (Å²) in [5.41, 5.74) is 3.12. The molecule has 0 bridgehead atoms. The zero-order valence-electron chi connectivity index (χ0n) is 11.8. The molecule has 3 heteroatoms. The van der Waals surface area contributed by atoms with Crippen molar-refractivity contribution in [1.29, 1.82) is 0 Å². The minimum absolute atomic E-state index is 0.312. The van der Waals surface area contributed by atoms with Gasteiger partial charge in [0.1, 0.15) is 5.82 Å². The van der Waals surface area contributed by atoms with Gasteiger partial charge >= 0.3 is 0 Å². The molecule has 0 radical (unpaired) electrons. The third-order valence-corrected chi connectivity index (χ3v) is 3.73.